The Bertz CT molecular complexity index is 284. The second kappa shape index (κ2) is 4.70. The third-order valence-corrected chi connectivity index (χ3v) is 3.32. The first-order valence-electron chi connectivity index (χ1n) is 4.94. The second-order valence-electron chi connectivity index (χ2n) is 3.58. The molecule has 1 saturated carbocycles. The molecule has 0 aromatic carbocycles. The fraction of sp³-hybridized carbons (Fsp3) is 0.778. The van der Waals surface area contributed by atoms with Crippen LogP contribution in [0, 0.1) is 5.92 Å². The number of aliphatic hydroxyl groups excluding tert-OH is 1. The Balaban J connectivity index is 1.79. The number of nitrogens with zero attached hydrogens (tertiary/aromatic N) is 2. The van der Waals surface area contributed by atoms with E-state index < -0.39 is 0 Å². The summed E-state index contributed by atoms with van der Waals surface area (Å²) >= 11 is 1.32. The zero-order chi connectivity index (χ0) is 9.80. The van der Waals surface area contributed by atoms with Crippen LogP contribution in [0.4, 0.5) is 0 Å². The number of aliphatic hydroxyl groups is 1. The maximum atomic E-state index is 8.78. The molecule has 1 aromatic heterocycles. The first-order chi connectivity index (χ1) is 6.88. The lowest BCUT2D eigenvalue weighted by atomic mass is 10.1. The fourth-order valence-electron chi connectivity index (χ4n) is 1.73. The third-order valence-electron chi connectivity index (χ3n) is 2.50. The van der Waals surface area contributed by atoms with Gasteiger partial charge in [-0.05, 0) is 18.8 Å². The highest BCUT2D eigenvalue weighted by Gasteiger charge is 2.16. The summed E-state index contributed by atoms with van der Waals surface area (Å²) in [5.74, 6) is 0.691. The van der Waals surface area contributed by atoms with Gasteiger partial charge in [0.1, 0.15) is 5.01 Å². The van der Waals surface area contributed by atoms with Gasteiger partial charge in [-0.15, -0.1) is 5.10 Å². The lowest BCUT2D eigenvalue weighted by Crippen LogP contribution is -2.07. The standard InChI is InChI=1S/C9H14N2O2S/c12-5-8-10-11-9(14-8)13-6-7-3-1-2-4-7/h7,12H,1-6H2. The summed E-state index contributed by atoms with van der Waals surface area (Å²) in [6.45, 7) is 0.699. The van der Waals surface area contributed by atoms with Crippen molar-refractivity contribution in [2.24, 2.45) is 5.92 Å². The molecular formula is C9H14N2O2S. The fourth-order valence-corrected chi connectivity index (χ4v) is 2.28. The number of ether oxygens (including phenoxy) is 1. The normalized spacial score (nSPS) is 17.5. The van der Waals surface area contributed by atoms with Crippen molar-refractivity contribution >= 4 is 11.3 Å². The van der Waals surface area contributed by atoms with E-state index >= 15 is 0 Å². The van der Waals surface area contributed by atoms with E-state index in [1.54, 1.807) is 0 Å². The van der Waals surface area contributed by atoms with Gasteiger partial charge in [-0.3, -0.25) is 0 Å². The Hall–Kier alpha value is -0.680. The van der Waals surface area contributed by atoms with Crippen molar-refractivity contribution in [3.63, 3.8) is 0 Å². The van der Waals surface area contributed by atoms with Crippen molar-refractivity contribution < 1.29 is 9.84 Å². The molecule has 0 unspecified atom stereocenters. The van der Waals surface area contributed by atoms with E-state index in [0.29, 0.717) is 16.1 Å². The van der Waals surface area contributed by atoms with Crippen LogP contribution < -0.4 is 4.74 Å². The summed E-state index contributed by atoms with van der Waals surface area (Å²) in [5.41, 5.74) is 0. The van der Waals surface area contributed by atoms with Gasteiger partial charge < -0.3 is 9.84 Å². The van der Waals surface area contributed by atoms with Gasteiger partial charge in [0, 0.05) is 0 Å². The average molecular weight is 214 g/mol. The van der Waals surface area contributed by atoms with Gasteiger partial charge >= 0.3 is 0 Å². The molecule has 0 atom stereocenters. The van der Waals surface area contributed by atoms with E-state index in [1.807, 2.05) is 0 Å². The summed E-state index contributed by atoms with van der Waals surface area (Å²) in [4.78, 5) is 0. The second-order valence-corrected chi connectivity index (χ2v) is 4.61. The van der Waals surface area contributed by atoms with Gasteiger partial charge in [-0.25, -0.2) is 0 Å². The van der Waals surface area contributed by atoms with Crippen LogP contribution in [0.25, 0.3) is 0 Å². The molecule has 0 spiro atoms. The summed E-state index contributed by atoms with van der Waals surface area (Å²) in [5, 5.41) is 17.6. The van der Waals surface area contributed by atoms with Crippen molar-refractivity contribution in [1.82, 2.24) is 10.2 Å². The topological polar surface area (TPSA) is 55.2 Å². The van der Waals surface area contributed by atoms with Crippen LogP contribution in [-0.4, -0.2) is 21.9 Å². The van der Waals surface area contributed by atoms with Gasteiger partial charge in [0.15, 0.2) is 0 Å². The number of aromatic nitrogens is 2. The number of hydrogen-bond donors (Lipinski definition) is 1. The van der Waals surface area contributed by atoms with Crippen molar-refractivity contribution in [1.29, 1.82) is 0 Å². The minimum atomic E-state index is -0.0511. The zero-order valence-electron chi connectivity index (χ0n) is 7.98. The largest absolute Gasteiger partial charge is 0.469 e. The van der Waals surface area contributed by atoms with Crippen LogP contribution in [-0.2, 0) is 6.61 Å². The van der Waals surface area contributed by atoms with Crippen molar-refractivity contribution in [3.8, 4) is 5.19 Å². The maximum absolute atomic E-state index is 8.78. The monoisotopic (exact) mass is 214 g/mol. The highest BCUT2D eigenvalue weighted by Crippen LogP contribution is 2.26. The van der Waals surface area contributed by atoms with Crippen molar-refractivity contribution in [3.05, 3.63) is 5.01 Å². The highest BCUT2D eigenvalue weighted by atomic mass is 32.1. The maximum Gasteiger partial charge on any atom is 0.294 e. The van der Waals surface area contributed by atoms with Gasteiger partial charge in [-0.1, -0.05) is 29.3 Å². The number of rotatable bonds is 4. The van der Waals surface area contributed by atoms with Crippen LogP contribution in [0.5, 0.6) is 5.19 Å². The predicted octanol–water partition coefficient (Wildman–Crippen LogP) is 1.60. The SMILES string of the molecule is OCc1nnc(OCC2CCCC2)s1. The van der Waals surface area contributed by atoms with Gasteiger partial charge in [0.05, 0.1) is 13.2 Å². The van der Waals surface area contributed by atoms with E-state index in [0.717, 1.165) is 6.61 Å². The minimum absolute atomic E-state index is 0.0511. The van der Waals surface area contributed by atoms with E-state index in [1.165, 1.54) is 37.0 Å². The van der Waals surface area contributed by atoms with Crippen LogP contribution in [0.1, 0.15) is 30.7 Å². The van der Waals surface area contributed by atoms with Gasteiger partial charge in [0.2, 0.25) is 0 Å². The molecule has 0 aliphatic heterocycles. The molecule has 0 amide bonds. The molecule has 2 rings (SSSR count). The highest BCUT2D eigenvalue weighted by molar-refractivity contribution is 7.13. The average Bonchev–Trinajstić information content (AvgIpc) is 2.86. The number of hydrogen-bond acceptors (Lipinski definition) is 5. The summed E-state index contributed by atoms with van der Waals surface area (Å²) < 4.78 is 5.51. The van der Waals surface area contributed by atoms with E-state index in [-0.39, 0.29) is 6.61 Å². The first kappa shape index (κ1) is 9.86. The van der Waals surface area contributed by atoms with Crippen LogP contribution in [0.2, 0.25) is 0 Å². The lowest BCUT2D eigenvalue weighted by molar-refractivity contribution is 0.249. The molecule has 0 bridgehead atoms. The third kappa shape index (κ3) is 2.42. The van der Waals surface area contributed by atoms with E-state index in [9.17, 15) is 0 Å². The molecule has 1 heterocycles. The molecule has 0 radical (unpaired) electrons. The van der Waals surface area contributed by atoms with Crippen LogP contribution in [0.15, 0.2) is 0 Å². The molecule has 1 aliphatic rings. The quantitative estimate of drug-likeness (QED) is 0.827. The van der Waals surface area contributed by atoms with Crippen molar-refractivity contribution in [2.75, 3.05) is 6.61 Å². The predicted molar refractivity (Wildman–Crippen MR) is 53.3 cm³/mol. The molecule has 1 fully saturated rings. The molecule has 5 heteroatoms. The minimum Gasteiger partial charge on any atom is -0.469 e. The Morgan fingerprint density at radius 1 is 1.36 bits per heavy atom. The summed E-state index contributed by atoms with van der Waals surface area (Å²) in [6.07, 6.45) is 5.19. The van der Waals surface area contributed by atoms with Crippen LogP contribution in [0.3, 0.4) is 0 Å². The van der Waals surface area contributed by atoms with E-state index in [4.69, 9.17) is 9.84 Å². The Morgan fingerprint density at radius 2 is 2.14 bits per heavy atom. The molecule has 14 heavy (non-hydrogen) atoms. The molecule has 78 valence electrons. The smallest absolute Gasteiger partial charge is 0.294 e. The Morgan fingerprint density at radius 3 is 2.79 bits per heavy atom. The molecular weight excluding hydrogens is 200 g/mol. The zero-order valence-corrected chi connectivity index (χ0v) is 8.79. The van der Waals surface area contributed by atoms with Gasteiger partial charge in [-0.2, -0.15) is 0 Å². The van der Waals surface area contributed by atoms with Gasteiger partial charge in [0.25, 0.3) is 5.19 Å². The molecule has 1 aliphatic carbocycles. The summed E-state index contributed by atoms with van der Waals surface area (Å²) in [6, 6.07) is 0. The molecule has 4 nitrogen and oxygen atoms in total. The Labute approximate surface area is 86.9 Å². The first-order valence-corrected chi connectivity index (χ1v) is 5.76. The van der Waals surface area contributed by atoms with Crippen LogP contribution >= 0.6 is 11.3 Å². The van der Waals surface area contributed by atoms with E-state index in [2.05, 4.69) is 10.2 Å². The van der Waals surface area contributed by atoms with Crippen molar-refractivity contribution in [2.45, 2.75) is 32.3 Å². The Kier molecular flexibility index (Phi) is 3.31. The molecule has 0 saturated heterocycles. The lowest BCUT2D eigenvalue weighted by Gasteiger charge is -2.07. The summed E-state index contributed by atoms with van der Waals surface area (Å²) in [7, 11) is 0. The molecule has 1 aromatic rings. The molecule has 1 N–H and O–H groups in total.